The minimum absolute atomic E-state index is 0.0451. The Balaban J connectivity index is 1.69. The lowest BCUT2D eigenvalue weighted by molar-refractivity contribution is -0.127. The molecule has 0 radical (unpaired) electrons. The van der Waals surface area contributed by atoms with Gasteiger partial charge in [-0.25, -0.2) is 4.68 Å². The zero-order valence-electron chi connectivity index (χ0n) is 25.2. The fourth-order valence-corrected chi connectivity index (χ4v) is 5.74. The highest BCUT2D eigenvalue weighted by molar-refractivity contribution is 6.34. The molecule has 2 aliphatic rings. The van der Waals surface area contributed by atoms with Crippen molar-refractivity contribution in [3.05, 3.63) is 63.4 Å². The summed E-state index contributed by atoms with van der Waals surface area (Å²) in [4.78, 5) is 33.7. The summed E-state index contributed by atoms with van der Waals surface area (Å²) in [5, 5.41) is 5.69. The third-order valence-corrected chi connectivity index (χ3v) is 7.98. The molecule has 0 unspecified atom stereocenters. The number of nitrogens with two attached hydrogens (primary N) is 1. The molecular formula is C31H34Cl2N6O5. The summed E-state index contributed by atoms with van der Waals surface area (Å²) in [5.41, 5.74) is 9.35. The van der Waals surface area contributed by atoms with Crippen LogP contribution in [0.5, 0.6) is 11.5 Å². The van der Waals surface area contributed by atoms with Gasteiger partial charge in [0.25, 0.3) is 5.91 Å². The highest BCUT2D eigenvalue weighted by atomic mass is 35.5. The van der Waals surface area contributed by atoms with Crippen LogP contribution in [0.4, 0.5) is 0 Å². The third kappa shape index (κ3) is 5.99. The van der Waals surface area contributed by atoms with E-state index in [9.17, 15) is 9.59 Å². The number of benzene rings is 2. The molecule has 2 aliphatic heterocycles. The molecule has 0 atom stereocenters. The number of nitrogens with zero attached hydrogens (tertiary/aromatic N) is 5. The van der Waals surface area contributed by atoms with Gasteiger partial charge in [0.2, 0.25) is 5.91 Å². The van der Waals surface area contributed by atoms with Crippen molar-refractivity contribution in [2.75, 3.05) is 47.5 Å². The predicted octanol–water partition coefficient (Wildman–Crippen LogP) is 4.46. The molecule has 0 spiro atoms. The van der Waals surface area contributed by atoms with Crippen LogP contribution in [0, 0.1) is 0 Å². The summed E-state index contributed by atoms with van der Waals surface area (Å²) in [6.45, 7) is 5.24. The van der Waals surface area contributed by atoms with Gasteiger partial charge in [0, 0.05) is 71.4 Å². The molecule has 2 aromatic carbocycles. The molecule has 1 fully saturated rings. The minimum atomic E-state index is -0.534. The molecule has 0 bridgehead atoms. The van der Waals surface area contributed by atoms with Crippen molar-refractivity contribution in [1.29, 1.82) is 0 Å². The maximum atomic E-state index is 14.1. The molecule has 2 amide bonds. The number of aromatic nitrogens is 2. The molecule has 5 rings (SSSR count). The first kappa shape index (κ1) is 31.4. The standard InChI is InChI=1S/C31H34Cl2N6O5/c1-31(2)17-43-7-6-38(31)30(41)28-24-16-44-26-12-25(42-5)22(18(13-34)14-35-15-27(40)37(3)4)11-23(26)29(24)39(36-28)21-9-19(32)8-20(33)10-21/h8-14H,6-7,15-17,34H2,1-5H3. The minimum Gasteiger partial charge on any atom is -0.496 e. The maximum Gasteiger partial charge on any atom is 0.275 e. The van der Waals surface area contributed by atoms with Gasteiger partial charge in [-0.2, -0.15) is 5.10 Å². The molecule has 0 aliphatic carbocycles. The van der Waals surface area contributed by atoms with E-state index in [-0.39, 0.29) is 30.7 Å². The number of ether oxygens (including phenoxy) is 3. The van der Waals surface area contributed by atoms with E-state index in [2.05, 4.69) is 4.99 Å². The number of hydrogen-bond acceptors (Lipinski definition) is 8. The van der Waals surface area contributed by atoms with Gasteiger partial charge in [0.1, 0.15) is 24.7 Å². The highest BCUT2D eigenvalue weighted by Crippen LogP contribution is 2.45. The second-order valence-electron chi connectivity index (χ2n) is 11.3. The number of methoxy groups -OCH3 is 1. The van der Waals surface area contributed by atoms with Crippen molar-refractivity contribution in [2.45, 2.75) is 26.0 Å². The summed E-state index contributed by atoms with van der Waals surface area (Å²) in [7, 11) is 4.87. The number of likely N-dealkylation sites (N-methyl/N-ethyl adjacent to an activating group) is 1. The zero-order chi connectivity index (χ0) is 31.8. The van der Waals surface area contributed by atoms with Crippen molar-refractivity contribution in [2.24, 2.45) is 10.7 Å². The van der Waals surface area contributed by atoms with Crippen molar-refractivity contribution < 1.29 is 23.8 Å². The summed E-state index contributed by atoms with van der Waals surface area (Å²) in [6, 6.07) is 8.69. The molecule has 3 heterocycles. The van der Waals surface area contributed by atoms with Gasteiger partial charge in [-0.05, 0) is 38.1 Å². The number of carbonyl (C=O) groups is 2. The second-order valence-corrected chi connectivity index (χ2v) is 12.1. The topological polar surface area (TPSA) is 125 Å². The van der Waals surface area contributed by atoms with Crippen molar-refractivity contribution in [3.8, 4) is 28.4 Å². The number of morpholine rings is 1. The van der Waals surface area contributed by atoms with Gasteiger partial charge < -0.3 is 29.7 Å². The van der Waals surface area contributed by atoms with Gasteiger partial charge in [-0.1, -0.05) is 23.2 Å². The molecule has 2 N–H and O–H groups in total. The number of hydrogen-bond donors (Lipinski definition) is 1. The van der Waals surface area contributed by atoms with Crippen LogP contribution >= 0.6 is 23.2 Å². The SMILES string of the molecule is COc1cc2c(cc1C(C=NCC(=O)N(C)C)=CN)-c1c(c(C(=O)N3CCOCC3(C)C)nn1-c1cc(Cl)cc(Cl)c1)CO2. The molecule has 1 saturated heterocycles. The zero-order valence-corrected chi connectivity index (χ0v) is 26.7. The van der Waals surface area contributed by atoms with E-state index >= 15 is 0 Å². The van der Waals surface area contributed by atoms with E-state index in [4.69, 9.17) is 48.2 Å². The first-order chi connectivity index (χ1) is 20.9. The monoisotopic (exact) mass is 640 g/mol. The van der Waals surface area contributed by atoms with Crippen LogP contribution in [0.15, 0.2) is 41.5 Å². The Hall–Kier alpha value is -4.06. The van der Waals surface area contributed by atoms with E-state index in [0.717, 1.165) is 0 Å². The Labute approximate surface area is 265 Å². The smallest absolute Gasteiger partial charge is 0.275 e. The maximum absolute atomic E-state index is 14.1. The molecule has 11 nitrogen and oxygen atoms in total. The third-order valence-electron chi connectivity index (χ3n) is 7.54. The number of allylic oxidation sites excluding steroid dienone is 1. The molecular weight excluding hydrogens is 607 g/mol. The molecule has 44 heavy (non-hydrogen) atoms. The lowest BCUT2D eigenvalue weighted by Crippen LogP contribution is -2.55. The normalized spacial score (nSPS) is 15.9. The predicted molar refractivity (Wildman–Crippen MR) is 170 cm³/mol. The first-order valence-corrected chi connectivity index (χ1v) is 14.7. The molecule has 232 valence electrons. The quantitative estimate of drug-likeness (QED) is 0.378. The van der Waals surface area contributed by atoms with Crippen LogP contribution in [0.1, 0.15) is 35.5 Å². The average Bonchev–Trinajstić information content (AvgIpc) is 3.38. The Kier molecular flexibility index (Phi) is 8.92. The second kappa shape index (κ2) is 12.5. The van der Waals surface area contributed by atoms with Crippen LogP contribution in [0.2, 0.25) is 10.0 Å². The van der Waals surface area contributed by atoms with Gasteiger partial charge in [-0.3, -0.25) is 14.6 Å². The number of halogens is 2. The van der Waals surface area contributed by atoms with Gasteiger partial charge >= 0.3 is 0 Å². The average molecular weight is 642 g/mol. The molecule has 3 aromatic rings. The van der Waals surface area contributed by atoms with Crippen molar-refractivity contribution >= 4 is 46.8 Å². The van der Waals surface area contributed by atoms with E-state index in [1.807, 2.05) is 19.9 Å². The summed E-state index contributed by atoms with van der Waals surface area (Å²) >= 11 is 12.8. The largest absolute Gasteiger partial charge is 0.496 e. The Bertz CT molecular complexity index is 1660. The lowest BCUT2D eigenvalue weighted by atomic mass is 9.95. The Morgan fingerprint density at radius 2 is 1.91 bits per heavy atom. The molecule has 1 aromatic heterocycles. The van der Waals surface area contributed by atoms with E-state index in [1.54, 1.807) is 55.1 Å². The summed E-state index contributed by atoms with van der Waals surface area (Å²) < 4.78 is 19.2. The van der Waals surface area contributed by atoms with Crippen LogP contribution in [0.25, 0.3) is 22.5 Å². The lowest BCUT2D eigenvalue weighted by Gasteiger charge is -2.41. The van der Waals surface area contributed by atoms with Crippen LogP contribution in [0.3, 0.4) is 0 Å². The van der Waals surface area contributed by atoms with Crippen LogP contribution in [-0.2, 0) is 16.1 Å². The fourth-order valence-electron chi connectivity index (χ4n) is 5.22. The van der Waals surface area contributed by atoms with Crippen molar-refractivity contribution in [1.82, 2.24) is 19.6 Å². The Morgan fingerprint density at radius 3 is 2.55 bits per heavy atom. The molecule has 13 heteroatoms. The van der Waals surface area contributed by atoms with Gasteiger partial charge in [0.05, 0.1) is 37.2 Å². The highest BCUT2D eigenvalue weighted by Gasteiger charge is 2.39. The number of rotatable bonds is 7. The number of amides is 2. The summed E-state index contributed by atoms with van der Waals surface area (Å²) in [5.74, 6) is 0.618. The van der Waals surface area contributed by atoms with Crippen LogP contribution in [-0.4, -0.2) is 90.7 Å². The fraction of sp³-hybridized carbons (Fsp3) is 0.355. The number of aliphatic imine (C=N–C) groups is 1. The van der Waals surface area contributed by atoms with Crippen molar-refractivity contribution in [3.63, 3.8) is 0 Å². The number of fused-ring (bicyclic) bond motifs is 3. The van der Waals surface area contributed by atoms with E-state index in [0.29, 0.717) is 74.9 Å². The van der Waals surface area contributed by atoms with Gasteiger partial charge in [0.15, 0.2) is 5.69 Å². The van der Waals surface area contributed by atoms with E-state index in [1.165, 1.54) is 17.3 Å². The molecule has 0 saturated carbocycles. The van der Waals surface area contributed by atoms with Crippen LogP contribution < -0.4 is 15.2 Å². The van der Waals surface area contributed by atoms with E-state index < -0.39 is 5.54 Å². The summed E-state index contributed by atoms with van der Waals surface area (Å²) in [6.07, 6.45) is 2.92. The first-order valence-electron chi connectivity index (χ1n) is 13.9. The Morgan fingerprint density at radius 1 is 1.18 bits per heavy atom. The van der Waals surface area contributed by atoms with Gasteiger partial charge in [-0.15, -0.1) is 0 Å². The number of carbonyl (C=O) groups excluding carboxylic acids is 2.